The fourth-order valence-corrected chi connectivity index (χ4v) is 4.20. The first kappa shape index (κ1) is 20.6. The maximum absolute atomic E-state index is 12.6. The van der Waals surface area contributed by atoms with Gasteiger partial charge < -0.3 is 14.9 Å². The second kappa shape index (κ2) is 6.48. The molecular weight excluding hydrogens is 334 g/mol. The minimum absolute atomic E-state index is 0.0363. The van der Waals surface area contributed by atoms with E-state index in [4.69, 9.17) is 9.84 Å². The molecule has 0 saturated heterocycles. The highest BCUT2D eigenvalue weighted by Crippen LogP contribution is 2.61. The Morgan fingerprint density at radius 2 is 1.92 bits per heavy atom. The van der Waals surface area contributed by atoms with Crippen LogP contribution in [0.5, 0.6) is 0 Å². The molecule has 0 radical (unpaired) electrons. The average Bonchev–Trinajstić information content (AvgIpc) is 2.44. The fourth-order valence-electron chi connectivity index (χ4n) is 4.20. The van der Waals surface area contributed by atoms with Gasteiger partial charge in [-0.3, -0.25) is 4.99 Å². The summed E-state index contributed by atoms with van der Waals surface area (Å²) in [5.74, 6) is -1.28. The molecule has 3 saturated carbocycles. The predicted octanol–water partition coefficient (Wildman–Crippen LogP) is 2.99. The zero-order valence-corrected chi connectivity index (χ0v) is 16.6. The monoisotopic (exact) mass is 365 g/mol. The summed E-state index contributed by atoms with van der Waals surface area (Å²) < 4.78 is 5.41. The normalized spacial score (nSPS) is 32.5. The van der Waals surface area contributed by atoms with Crippen molar-refractivity contribution in [2.75, 3.05) is 0 Å². The number of hydrogen-bond donors (Lipinski definition) is 2. The molecule has 0 aliphatic heterocycles. The van der Waals surface area contributed by atoms with Crippen molar-refractivity contribution in [2.45, 2.75) is 78.0 Å². The van der Waals surface area contributed by atoms with Crippen LogP contribution in [-0.2, 0) is 14.3 Å². The summed E-state index contributed by atoms with van der Waals surface area (Å²) in [7, 11) is 0. The summed E-state index contributed by atoms with van der Waals surface area (Å²) >= 11 is 0. The third kappa shape index (κ3) is 3.85. The van der Waals surface area contributed by atoms with Crippen LogP contribution in [0.4, 0.5) is 0 Å². The molecule has 3 aliphatic carbocycles. The number of rotatable bonds is 5. The summed E-state index contributed by atoms with van der Waals surface area (Å²) in [5, 5.41) is 20.2. The summed E-state index contributed by atoms with van der Waals surface area (Å²) in [6, 6.07) is -1.01. The van der Waals surface area contributed by atoms with Crippen molar-refractivity contribution in [1.82, 2.24) is 0 Å². The molecule has 0 aromatic rings. The Balaban J connectivity index is 2.31. The number of hydrogen-bond acceptors (Lipinski definition) is 5. The standard InChI is InChI=1S/C20H31NO5/c1-11(16(22)23)8-13(17(24)26-18(2,3)4)21-15-10-12-9-14(19(12,5)6)20(15,7)25/h12-14,25H,1,8-10H2,2-7H3,(H,22,23)/t12?,13-,14?,20+/m1/s1. The Morgan fingerprint density at radius 1 is 1.35 bits per heavy atom. The number of carboxylic acid groups (broad SMARTS) is 1. The second-order valence-electron chi connectivity index (χ2n) is 9.40. The molecule has 0 amide bonds. The van der Waals surface area contributed by atoms with Gasteiger partial charge in [0.05, 0.1) is 0 Å². The minimum Gasteiger partial charge on any atom is -0.478 e. The lowest BCUT2D eigenvalue weighted by Crippen LogP contribution is -2.65. The molecule has 2 bridgehead atoms. The van der Waals surface area contributed by atoms with E-state index in [9.17, 15) is 14.7 Å². The number of esters is 1. The highest BCUT2D eigenvalue weighted by atomic mass is 16.6. The third-order valence-electron chi connectivity index (χ3n) is 5.91. The molecule has 0 spiro atoms. The number of aliphatic hydroxyl groups is 1. The van der Waals surface area contributed by atoms with Crippen LogP contribution in [-0.4, -0.2) is 45.1 Å². The van der Waals surface area contributed by atoms with E-state index in [2.05, 4.69) is 25.4 Å². The van der Waals surface area contributed by atoms with Crippen LogP contribution in [0.15, 0.2) is 17.1 Å². The summed E-state index contributed by atoms with van der Waals surface area (Å²) in [4.78, 5) is 28.2. The SMILES string of the molecule is C=C(C[C@@H](N=C1CC2CC(C2(C)C)[C@]1(C)O)C(=O)OC(C)(C)C)C(=O)O. The fraction of sp³-hybridized carbons (Fsp3) is 0.750. The maximum Gasteiger partial charge on any atom is 0.331 e. The Labute approximate surface area is 155 Å². The second-order valence-corrected chi connectivity index (χ2v) is 9.40. The summed E-state index contributed by atoms with van der Waals surface area (Å²) in [6.45, 7) is 14.8. The molecule has 3 aliphatic rings. The summed E-state index contributed by atoms with van der Waals surface area (Å²) in [6.07, 6.45) is 1.41. The number of carboxylic acids is 1. The van der Waals surface area contributed by atoms with Gasteiger partial charge in [-0.05, 0) is 57.8 Å². The van der Waals surface area contributed by atoms with Gasteiger partial charge in [0.2, 0.25) is 0 Å². The van der Waals surface area contributed by atoms with Crippen molar-refractivity contribution in [1.29, 1.82) is 0 Å². The molecule has 4 atom stereocenters. The molecule has 2 N–H and O–H groups in total. The number of fused-ring (bicyclic) bond motifs is 2. The average molecular weight is 365 g/mol. The van der Waals surface area contributed by atoms with Crippen molar-refractivity contribution in [3.05, 3.63) is 12.2 Å². The van der Waals surface area contributed by atoms with Crippen molar-refractivity contribution in [2.24, 2.45) is 22.2 Å². The first-order valence-corrected chi connectivity index (χ1v) is 9.09. The van der Waals surface area contributed by atoms with E-state index in [1.807, 2.05) is 0 Å². The Kier molecular flexibility index (Phi) is 5.14. The lowest BCUT2D eigenvalue weighted by atomic mass is 9.44. The first-order valence-electron chi connectivity index (χ1n) is 9.09. The van der Waals surface area contributed by atoms with Crippen LogP contribution in [0.25, 0.3) is 0 Å². The van der Waals surface area contributed by atoms with E-state index >= 15 is 0 Å². The third-order valence-corrected chi connectivity index (χ3v) is 5.91. The quantitative estimate of drug-likeness (QED) is 0.577. The topological polar surface area (TPSA) is 96.2 Å². The number of nitrogens with zero attached hydrogens (tertiary/aromatic N) is 1. The van der Waals surface area contributed by atoms with E-state index in [0.29, 0.717) is 18.1 Å². The van der Waals surface area contributed by atoms with Gasteiger partial charge in [0, 0.05) is 17.7 Å². The first-order chi connectivity index (χ1) is 11.7. The zero-order valence-electron chi connectivity index (χ0n) is 16.6. The van der Waals surface area contributed by atoms with Crippen LogP contribution < -0.4 is 0 Å². The number of ether oxygens (including phenoxy) is 1. The Bertz CT molecular complexity index is 654. The van der Waals surface area contributed by atoms with Gasteiger partial charge >= 0.3 is 11.9 Å². The van der Waals surface area contributed by atoms with E-state index in [1.54, 1.807) is 27.7 Å². The Hall–Kier alpha value is -1.69. The van der Waals surface area contributed by atoms with E-state index in [0.717, 1.165) is 6.42 Å². The van der Waals surface area contributed by atoms with Crippen molar-refractivity contribution in [3.8, 4) is 0 Å². The number of carbonyl (C=O) groups is 2. The molecule has 3 rings (SSSR count). The van der Waals surface area contributed by atoms with Crippen LogP contribution in [0.3, 0.4) is 0 Å². The van der Waals surface area contributed by atoms with Gasteiger partial charge in [-0.2, -0.15) is 0 Å². The zero-order chi connectivity index (χ0) is 20.1. The number of aliphatic imine (C=N–C) groups is 1. The molecule has 3 fully saturated rings. The van der Waals surface area contributed by atoms with E-state index in [1.165, 1.54) is 0 Å². The molecule has 146 valence electrons. The molecular formula is C20H31NO5. The van der Waals surface area contributed by atoms with Crippen LogP contribution in [0, 0.1) is 17.3 Å². The highest BCUT2D eigenvalue weighted by molar-refractivity contribution is 5.97. The van der Waals surface area contributed by atoms with Crippen molar-refractivity contribution in [3.63, 3.8) is 0 Å². The molecule has 2 unspecified atom stereocenters. The van der Waals surface area contributed by atoms with E-state index in [-0.39, 0.29) is 23.3 Å². The van der Waals surface area contributed by atoms with Gasteiger partial charge in [0.1, 0.15) is 11.2 Å². The highest BCUT2D eigenvalue weighted by Gasteiger charge is 2.61. The molecule has 0 heterocycles. The predicted molar refractivity (Wildman–Crippen MR) is 99.1 cm³/mol. The van der Waals surface area contributed by atoms with Gasteiger partial charge in [0.25, 0.3) is 0 Å². The van der Waals surface area contributed by atoms with Crippen molar-refractivity contribution >= 4 is 17.7 Å². The largest absolute Gasteiger partial charge is 0.478 e. The van der Waals surface area contributed by atoms with Crippen molar-refractivity contribution < 1.29 is 24.5 Å². The lowest BCUT2D eigenvalue weighted by Gasteiger charge is -2.62. The minimum atomic E-state index is -1.17. The molecule has 26 heavy (non-hydrogen) atoms. The number of carbonyl (C=O) groups excluding carboxylic acids is 1. The summed E-state index contributed by atoms with van der Waals surface area (Å²) in [5.41, 5.74) is -1.32. The van der Waals surface area contributed by atoms with Gasteiger partial charge in [-0.25, -0.2) is 9.59 Å². The Morgan fingerprint density at radius 3 is 2.35 bits per heavy atom. The van der Waals surface area contributed by atoms with Gasteiger partial charge in [0.15, 0.2) is 6.04 Å². The van der Waals surface area contributed by atoms with Gasteiger partial charge in [-0.1, -0.05) is 20.4 Å². The molecule has 0 aromatic heterocycles. The molecule has 6 heteroatoms. The molecule has 0 aromatic carbocycles. The number of aliphatic carboxylic acids is 1. The van der Waals surface area contributed by atoms with Gasteiger partial charge in [-0.15, -0.1) is 0 Å². The van der Waals surface area contributed by atoms with Crippen LogP contribution in [0.1, 0.15) is 60.8 Å². The lowest BCUT2D eigenvalue weighted by molar-refractivity contribution is -0.156. The molecule has 6 nitrogen and oxygen atoms in total. The smallest absolute Gasteiger partial charge is 0.331 e. The van der Waals surface area contributed by atoms with Crippen LogP contribution in [0.2, 0.25) is 0 Å². The van der Waals surface area contributed by atoms with E-state index < -0.39 is 29.2 Å². The van der Waals surface area contributed by atoms with Crippen LogP contribution >= 0.6 is 0 Å². The maximum atomic E-state index is 12.6.